The molecule has 1 aliphatic heterocycles. The van der Waals surface area contributed by atoms with Crippen molar-refractivity contribution in [1.29, 1.82) is 0 Å². The SMILES string of the molecule is CCN1CCCC1CNC(N)=NCc1cccc(OC)c1.I. The van der Waals surface area contributed by atoms with E-state index in [-0.39, 0.29) is 24.0 Å². The van der Waals surface area contributed by atoms with Crippen LogP contribution < -0.4 is 15.8 Å². The van der Waals surface area contributed by atoms with Gasteiger partial charge in [-0.15, -0.1) is 24.0 Å². The predicted octanol–water partition coefficient (Wildman–Crippen LogP) is 2.20. The lowest BCUT2D eigenvalue weighted by Gasteiger charge is -2.23. The molecule has 1 saturated heterocycles. The molecule has 1 unspecified atom stereocenters. The summed E-state index contributed by atoms with van der Waals surface area (Å²) >= 11 is 0. The minimum absolute atomic E-state index is 0. The average Bonchev–Trinajstić information content (AvgIpc) is 2.98. The largest absolute Gasteiger partial charge is 0.497 e. The van der Waals surface area contributed by atoms with Gasteiger partial charge in [-0.25, -0.2) is 4.99 Å². The second kappa shape index (κ2) is 9.89. The second-order valence-corrected chi connectivity index (χ2v) is 5.36. The van der Waals surface area contributed by atoms with Crippen molar-refractivity contribution in [2.45, 2.75) is 32.4 Å². The van der Waals surface area contributed by atoms with Crippen molar-refractivity contribution in [1.82, 2.24) is 10.2 Å². The van der Waals surface area contributed by atoms with Crippen molar-refractivity contribution in [3.8, 4) is 5.75 Å². The normalized spacial score (nSPS) is 18.8. The minimum atomic E-state index is 0. The number of likely N-dealkylation sites (N-methyl/N-ethyl adjacent to an activating group) is 1. The van der Waals surface area contributed by atoms with Crippen LogP contribution in [0.3, 0.4) is 0 Å². The Balaban J connectivity index is 0.00000242. The minimum Gasteiger partial charge on any atom is -0.497 e. The molecule has 124 valence electrons. The van der Waals surface area contributed by atoms with Gasteiger partial charge in [-0.3, -0.25) is 4.90 Å². The molecule has 0 aromatic heterocycles. The summed E-state index contributed by atoms with van der Waals surface area (Å²) < 4.78 is 5.20. The molecule has 2 rings (SSSR count). The van der Waals surface area contributed by atoms with Gasteiger partial charge in [0.05, 0.1) is 13.7 Å². The molecule has 5 nitrogen and oxygen atoms in total. The molecule has 0 aliphatic carbocycles. The van der Waals surface area contributed by atoms with Crippen LogP contribution >= 0.6 is 24.0 Å². The smallest absolute Gasteiger partial charge is 0.188 e. The lowest BCUT2D eigenvalue weighted by atomic mass is 10.2. The third-order valence-electron chi connectivity index (χ3n) is 3.99. The predicted molar refractivity (Wildman–Crippen MR) is 102 cm³/mol. The number of methoxy groups -OCH3 is 1. The van der Waals surface area contributed by atoms with Crippen molar-refractivity contribution in [3.05, 3.63) is 29.8 Å². The molecule has 1 atom stereocenters. The zero-order chi connectivity index (χ0) is 15.1. The maximum absolute atomic E-state index is 5.95. The molecule has 1 heterocycles. The molecule has 0 amide bonds. The number of likely N-dealkylation sites (tertiary alicyclic amines) is 1. The van der Waals surface area contributed by atoms with Crippen LogP contribution in [0.2, 0.25) is 0 Å². The number of hydrogen-bond donors (Lipinski definition) is 2. The lowest BCUT2D eigenvalue weighted by Crippen LogP contribution is -2.42. The fourth-order valence-electron chi connectivity index (χ4n) is 2.77. The summed E-state index contributed by atoms with van der Waals surface area (Å²) in [7, 11) is 1.67. The van der Waals surface area contributed by atoms with Gasteiger partial charge in [-0.2, -0.15) is 0 Å². The van der Waals surface area contributed by atoms with Crippen molar-refractivity contribution in [2.24, 2.45) is 10.7 Å². The fourth-order valence-corrected chi connectivity index (χ4v) is 2.77. The van der Waals surface area contributed by atoms with Crippen LogP contribution in [0.5, 0.6) is 5.75 Å². The monoisotopic (exact) mass is 418 g/mol. The van der Waals surface area contributed by atoms with Gasteiger partial charge in [-0.05, 0) is 43.6 Å². The van der Waals surface area contributed by atoms with E-state index in [9.17, 15) is 0 Å². The first kappa shape index (κ1) is 19.0. The second-order valence-electron chi connectivity index (χ2n) is 5.36. The molecule has 1 aromatic carbocycles. The Morgan fingerprint density at radius 1 is 1.50 bits per heavy atom. The van der Waals surface area contributed by atoms with E-state index in [1.807, 2.05) is 24.3 Å². The van der Waals surface area contributed by atoms with E-state index in [0.717, 1.165) is 24.4 Å². The first-order valence-electron chi connectivity index (χ1n) is 7.63. The van der Waals surface area contributed by atoms with Crippen LogP contribution in [0.1, 0.15) is 25.3 Å². The van der Waals surface area contributed by atoms with E-state index in [1.165, 1.54) is 19.4 Å². The van der Waals surface area contributed by atoms with Gasteiger partial charge < -0.3 is 15.8 Å². The number of benzene rings is 1. The molecule has 0 bridgehead atoms. The van der Waals surface area contributed by atoms with Crippen LogP contribution in [0, 0.1) is 0 Å². The summed E-state index contributed by atoms with van der Waals surface area (Å²) in [6, 6.07) is 8.47. The Bertz CT molecular complexity index is 481. The fraction of sp³-hybridized carbons (Fsp3) is 0.562. The van der Waals surface area contributed by atoms with Crippen LogP contribution in [0.15, 0.2) is 29.3 Å². The molecular weight excluding hydrogens is 391 g/mol. The van der Waals surface area contributed by atoms with Crippen molar-refractivity contribution >= 4 is 29.9 Å². The van der Waals surface area contributed by atoms with Crippen LogP contribution in [-0.4, -0.2) is 43.6 Å². The summed E-state index contributed by atoms with van der Waals surface area (Å²) in [5, 5.41) is 3.24. The molecule has 0 radical (unpaired) electrons. The zero-order valence-corrected chi connectivity index (χ0v) is 15.7. The number of rotatable bonds is 6. The molecule has 0 spiro atoms. The van der Waals surface area contributed by atoms with Gasteiger partial charge in [0.15, 0.2) is 5.96 Å². The number of halogens is 1. The van der Waals surface area contributed by atoms with Crippen molar-refractivity contribution in [2.75, 3.05) is 26.7 Å². The van der Waals surface area contributed by atoms with E-state index >= 15 is 0 Å². The standard InChI is InChI=1S/C16H26N4O.HI/c1-3-20-9-5-7-14(20)12-19-16(17)18-11-13-6-4-8-15(10-13)21-2;/h4,6,8,10,14H,3,5,7,9,11-12H2,1-2H3,(H3,17,18,19);1H. The third-order valence-corrected chi connectivity index (χ3v) is 3.99. The van der Waals surface area contributed by atoms with E-state index in [2.05, 4.69) is 22.1 Å². The van der Waals surface area contributed by atoms with Crippen molar-refractivity contribution in [3.63, 3.8) is 0 Å². The maximum Gasteiger partial charge on any atom is 0.188 e. The first-order chi connectivity index (χ1) is 10.2. The Morgan fingerprint density at radius 2 is 2.32 bits per heavy atom. The maximum atomic E-state index is 5.95. The van der Waals surface area contributed by atoms with Crippen molar-refractivity contribution < 1.29 is 4.74 Å². The van der Waals surface area contributed by atoms with Gasteiger partial charge in [0, 0.05) is 12.6 Å². The van der Waals surface area contributed by atoms with Gasteiger partial charge in [0.25, 0.3) is 0 Å². The van der Waals surface area contributed by atoms with E-state index in [0.29, 0.717) is 18.5 Å². The molecule has 1 aromatic rings. The number of nitrogens with zero attached hydrogens (tertiary/aromatic N) is 2. The van der Waals surface area contributed by atoms with Gasteiger partial charge in [0.1, 0.15) is 5.75 Å². The Labute approximate surface area is 150 Å². The summed E-state index contributed by atoms with van der Waals surface area (Å²) in [5.41, 5.74) is 7.04. The average molecular weight is 418 g/mol. The quantitative estimate of drug-likeness (QED) is 0.423. The highest BCUT2D eigenvalue weighted by molar-refractivity contribution is 14.0. The number of nitrogens with one attached hydrogen (secondary N) is 1. The lowest BCUT2D eigenvalue weighted by molar-refractivity contribution is 0.267. The molecular formula is C16H27IN4O. The molecule has 22 heavy (non-hydrogen) atoms. The van der Waals surface area contributed by atoms with E-state index in [4.69, 9.17) is 10.5 Å². The number of guanidine groups is 1. The molecule has 3 N–H and O–H groups in total. The van der Waals surface area contributed by atoms with Crippen LogP contribution in [-0.2, 0) is 6.54 Å². The molecule has 1 aliphatic rings. The molecule has 1 fully saturated rings. The molecule has 0 saturated carbocycles. The first-order valence-corrected chi connectivity index (χ1v) is 7.63. The van der Waals surface area contributed by atoms with E-state index < -0.39 is 0 Å². The summed E-state index contributed by atoms with van der Waals surface area (Å²) in [4.78, 5) is 6.88. The van der Waals surface area contributed by atoms with Gasteiger partial charge >= 0.3 is 0 Å². The van der Waals surface area contributed by atoms with E-state index in [1.54, 1.807) is 7.11 Å². The van der Waals surface area contributed by atoms with Gasteiger partial charge in [-0.1, -0.05) is 19.1 Å². The van der Waals surface area contributed by atoms with Crippen LogP contribution in [0.25, 0.3) is 0 Å². The number of aliphatic imine (C=N–C) groups is 1. The summed E-state index contributed by atoms with van der Waals surface area (Å²) in [6.45, 7) is 5.95. The Kier molecular flexibility index (Phi) is 8.55. The molecule has 6 heteroatoms. The summed E-state index contributed by atoms with van der Waals surface area (Å²) in [5.74, 6) is 1.36. The number of hydrogen-bond acceptors (Lipinski definition) is 3. The van der Waals surface area contributed by atoms with Crippen LogP contribution in [0.4, 0.5) is 0 Å². The number of nitrogens with two attached hydrogens (primary N) is 1. The highest BCUT2D eigenvalue weighted by atomic mass is 127. The zero-order valence-electron chi connectivity index (χ0n) is 13.4. The third kappa shape index (κ3) is 5.64. The number of ether oxygens (including phenoxy) is 1. The summed E-state index contributed by atoms with van der Waals surface area (Å²) in [6.07, 6.45) is 2.52. The Morgan fingerprint density at radius 3 is 3.05 bits per heavy atom. The Hall–Kier alpha value is -1.02. The highest BCUT2D eigenvalue weighted by Crippen LogP contribution is 2.15. The topological polar surface area (TPSA) is 62.9 Å². The van der Waals surface area contributed by atoms with Gasteiger partial charge in [0.2, 0.25) is 0 Å². The highest BCUT2D eigenvalue weighted by Gasteiger charge is 2.22.